The molecule has 27 heavy (non-hydrogen) atoms. The Labute approximate surface area is 155 Å². The van der Waals surface area contributed by atoms with Gasteiger partial charge in [0.2, 0.25) is 5.95 Å². The van der Waals surface area contributed by atoms with Crippen LogP contribution in [0.15, 0.2) is 72.9 Å². The van der Waals surface area contributed by atoms with Gasteiger partial charge in [0.05, 0.1) is 22.6 Å². The van der Waals surface area contributed by atoms with Crippen molar-refractivity contribution < 1.29 is 4.79 Å². The molecule has 0 radical (unpaired) electrons. The third-order valence-corrected chi connectivity index (χ3v) is 4.31. The second-order valence-electron chi connectivity index (χ2n) is 6.08. The number of nitrogens with one attached hydrogen (secondary N) is 1. The lowest BCUT2D eigenvalue weighted by Crippen LogP contribution is -2.11. The highest BCUT2D eigenvalue weighted by molar-refractivity contribution is 6.00. The van der Waals surface area contributed by atoms with E-state index >= 15 is 0 Å². The quantitative estimate of drug-likeness (QED) is 0.520. The molecule has 4 aromatic rings. The van der Waals surface area contributed by atoms with E-state index in [0.717, 1.165) is 16.7 Å². The van der Waals surface area contributed by atoms with Gasteiger partial charge in [-0.2, -0.15) is 0 Å². The first-order valence-electron chi connectivity index (χ1n) is 8.39. The van der Waals surface area contributed by atoms with E-state index in [2.05, 4.69) is 27.1 Å². The fourth-order valence-corrected chi connectivity index (χ4v) is 3.00. The Morgan fingerprint density at radius 3 is 2.22 bits per heavy atom. The van der Waals surface area contributed by atoms with E-state index in [1.54, 1.807) is 18.3 Å². The van der Waals surface area contributed by atoms with Crippen LogP contribution in [0, 0.1) is 0 Å². The highest BCUT2D eigenvalue weighted by atomic mass is 16.1. The maximum atomic E-state index is 11.9. The number of hydrogen-bond acceptors (Lipinski definition) is 4. The van der Waals surface area contributed by atoms with Crippen LogP contribution in [0.25, 0.3) is 33.8 Å². The van der Waals surface area contributed by atoms with Gasteiger partial charge in [-0.15, -0.1) is 0 Å². The molecular weight excluding hydrogens is 338 g/mol. The highest BCUT2D eigenvalue weighted by Gasteiger charge is 2.16. The van der Waals surface area contributed by atoms with Crippen LogP contribution in [0.4, 0.5) is 5.95 Å². The number of carbonyl (C=O) groups is 1. The van der Waals surface area contributed by atoms with Crippen LogP contribution < -0.4 is 11.5 Å². The van der Waals surface area contributed by atoms with Gasteiger partial charge in [0, 0.05) is 6.20 Å². The molecule has 0 fully saturated rings. The lowest BCUT2D eigenvalue weighted by atomic mass is 10.0. The number of primary amides is 1. The summed E-state index contributed by atoms with van der Waals surface area (Å²) >= 11 is 0. The molecule has 0 spiro atoms. The summed E-state index contributed by atoms with van der Waals surface area (Å²) < 4.78 is 0. The molecule has 0 aliphatic carbocycles. The smallest absolute Gasteiger partial charge is 0.250 e. The van der Waals surface area contributed by atoms with Crippen molar-refractivity contribution in [2.24, 2.45) is 5.73 Å². The molecule has 4 rings (SSSR count). The van der Waals surface area contributed by atoms with Crippen LogP contribution in [-0.2, 0) is 0 Å². The zero-order chi connectivity index (χ0) is 18.8. The summed E-state index contributed by atoms with van der Waals surface area (Å²) in [5.74, 6) is -0.349. The van der Waals surface area contributed by atoms with Gasteiger partial charge in [-0.3, -0.25) is 4.79 Å². The Balaban J connectivity index is 1.76. The number of carbonyl (C=O) groups excluding carboxylic acids is 1. The maximum Gasteiger partial charge on any atom is 0.250 e. The second kappa shape index (κ2) is 6.76. The Kier molecular flexibility index (Phi) is 4.14. The number of aromatic amines is 1. The van der Waals surface area contributed by atoms with Crippen LogP contribution in [-0.4, -0.2) is 20.9 Å². The lowest BCUT2D eigenvalue weighted by molar-refractivity contribution is 0.100. The maximum absolute atomic E-state index is 11.9. The molecule has 2 heterocycles. The predicted octanol–water partition coefficient (Wildman–Crippen LogP) is 3.49. The normalized spacial score (nSPS) is 10.7. The summed E-state index contributed by atoms with van der Waals surface area (Å²) in [7, 11) is 0. The minimum atomic E-state index is -0.512. The molecule has 0 bridgehead atoms. The summed E-state index contributed by atoms with van der Waals surface area (Å²) in [5, 5.41) is 0. The van der Waals surface area contributed by atoms with Crippen molar-refractivity contribution in [3.8, 4) is 33.8 Å². The van der Waals surface area contributed by atoms with E-state index < -0.39 is 5.91 Å². The number of amides is 1. The monoisotopic (exact) mass is 355 g/mol. The topological polar surface area (TPSA) is 111 Å². The van der Waals surface area contributed by atoms with Gasteiger partial charge in [0.25, 0.3) is 5.91 Å². The molecule has 0 unspecified atom stereocenters. The molecule has 5 N–H and O–H groups in total. The fourth-order valence-electron chi connectivity index (χ4n) is 3.00. The summed E-state index contributed by atoms with van der Waals surface area (Å²) in [5.41, 5.74) is 16.6. The average Bonchev–Trinajstić information content (AvgIpc) is 3.15. The zero-order valence-corrected chi connectivity index (χ0v) is 14.4. The van der Waals surface area contributed by atoms with Gasteiger partial charge in [0.1, 0.15) is 0 Å². The number of nitrogen functional groups attached to an aromatic ring is 1. The molecule has 0 aliphatic heterocycles. The van der Waals surface area contributed by atoms with Crippen LogP contribution >= 0.6 is 0 Å². The molecule has 2 aromatic carbocycles. The van der Waals surface area contributed by atoms with Crippen molar-refractivity contribution >= 4 is 11.9 Å². The minimum Gasteiger partial charge on any atom is -0.368 e. The summed E-state index contributed by atoms with van der Waals surface area (Å²) in [4.78, 5) is 23.3. The first kappa shape index (κ1) is 16.5. The largest absolute Gasteiger partial charge is 0.368 e. The number of nitrogens with two attached hydrogens (primary N) is 2. The number of aromatic nitrogens is 3. The Bertz CT molecular complexity index is 1100. The standard InChI is InChI=1S/C21H17N5O/c22-20(27)16-12-18(17-10-11-24-21(23)26-17)25-19(16)15-8-6-14(7-9-15)13-4-2-1-3-5-13/h1-12,25H,(H2,22,27)(H2,23,24,26). The number of anilines is 1. The predicted molar refractivity (Wildman–Crippen MR) is 106 cm³/mol. The van der Waals surface area contributed by atoms with Gasteiger partial charge in [-0.25, -0.2) is 9.97 Å². The average molecular weight is 355 g/mol. The number of hydrogen-bond donors (Lipinski definition) is 3. The Hall–Kier alpha value is -3.93. The van der Waals surface area contributed by atoms with Crippen LogP contribution in [0.3, 0.4) is 0 Å². The van der Waals surface area contributed by atoms with Crippen molar-refractivity contribution in [2.45, 2.75) is 0 Å². The van der Waals surface area contributed by atoms with E-state index in [4.69, 9.17) is 11.5 Å². The first-order chi connectivity index (χ1) is 13.1. The fraction of sp³-hybridized carbons (Fsp3) is 0. The number of rotatable bonds is 4. The minimum absolute atomic E-state index is 0.163. The van der Waals surface area contributed by atoms with Crippen molar-refractivity contribution in [2.75, 3.05) is 5.73 Å². The molecule has 0 saturated carbocycles. The van der Waals surface area contributed by atoms with Gasteiger partial charge >= 0.3 is 0 Å². The molecule has 6 heteroatoms. The summed E-state index contributed by atoms with van der Waals surface area (Å²) in [6.45, 7) is 0. The molecule has 6 nitrogen and oxygen atoms in total. The lowest BCUT2D eigenvalue weighted by Gasteiger charge is -2.05. The molecule has 132 valence electrons. The first-order valence-corrected chi connectivity index (χ1v) is 8.39. The van der Waals surface area contributed by atoms with Crippen LogP contribution in [0.5, 0.6) is 0 Å². The van der Waals surface area contributed by atoms with Gasteiger partial charge < -0.3 is 16.5 Å². The summed E-state index contributed by atoms with van der Waals surface area (Å²) in [6.07, 6.45) is 1.57. The molecule has 0 atom stereocenters. The van der Waals surface area contributed by atoms with Gasteiger partial charge in [-0.1, -0.05) is 54.6 Å². The molecule has 0 aliphatic rings. The number of H-pyrrole nitrogens is 1. The molecule has 1 amide bonds. The summed E-state index contributed by atoms with van der Waals surface area (Å²) in [6, 6.07) is 21.4. The van der Waals surface area contributed by atoms with Crippen molar-refractivity contribution in [3.63, 3.8) is 0 Å². The van der Waals surface area contributed by atoms with E-state index in [0.29, 0.717) is 22.6 Å². The van der Waals surface area contributed by atoms with E-state index in [1.165, 1.54) is 0 Å². The van der Waals surface area contributed by atoms with E-state index in [1.807, 2.05) is 42.5 Å². The number of benzene rings is 2. The zero-order valence-electron chi connectivity index (χ0n) is 14.4. The van der Waals surface area contributed by atoms with Crippen molar-refractivity contribution in [1.29, 1.82) is 0 Å². The van der Waals surface area contributed by atoms with E-state index in [9.17, 15) is 4.79 Å². The second-order valence-corrected chi connectivity index (χ2v) is 6.08. The molecule has 2 aromatic heterocycles. The molecule has 0 saturated heterocycles. The van der Waals surface area contributed by atoms with Crippen LogP contribution in [0.1, 0.15) is 10.4 Å². The third kappa shape index (κ3) is 3.28. The van der Waals surface area contributed by atoms with Crippen LogP contribution in [0.2, 0.25) is 0 Å². The van der Waals surface area contributed by atoms with Crippen molar-refractivity contribution in [1.82, 2.24) is 15.0 Å². The number of nitrogens with zero attached hydrogens (tertiary/aromatic N) is 2. The van der Waals surface area contributed by atoms with Crippen molar-refractivity contribution in [3.05, 3.63) is 78.5 Å². The van der Waals surface area contributed by atoms with E-state index in [-0.39, 0.29) is 5.95 Å². The third-order valence-electron chi connectivity index (χ3n) is 4.31. The Morgan fingerprint density at radius 2 is 1.56 bits per heavy atom. The SMILES string of the molecule is NC(=O)c1cc(-c2ccnc(N)n2)[nH]c1-c1ccc(-c2ccccc2)cc1. The van der Waals surface area contributed by atoms with Gasteiger partial charge in [-0.05, 0) is 28.8 Å². The Morgan fingerprint density at radius 1 is 0.889 bits per heavy atom. The van der Waals surface area contributed by atoms with Gasteiger partial charge in [0.15, 0.2) is 0 Å². The molecular formula is C21H17N5O. The highest BCUT2D eigenvalue weighted by Crippen LogP contribution is 2.30.